The average Bonchev–Trinajstić information content (AvgIpc) is 2.77. The second kappa shape index (κ2) is 4.72. The predicted octanol–water partition coefficient (Wildman–Crippen LogP) is 3.36. The van der Waals surface area contributed by atoms with Crippen LogP contribution in [-0.2, 0) is 0 Å². The Morgan fingerprint density at radius 1 is 1.35 bits per heavy atom. The zero-order valence-electron chi connectivity index (χ0n) is 9.72. The first-order valence-corrected chi connectivity index (χ1v) is 5.81. The number of rotatable bonds is 3. The van der Waals surface area contributed by atoms with Gasteiger partial charge in [0.1, 0.15) is 0 Å². The van der Waals surface area contributed by atoms with Gasteiger partial charge in [0.2, 0.25) is 0 Å². The van der Waals surface area contributed by atoms with Crippen molar-refractivity contribution in [2.24, 2.45) is 5.92 Å². The number of hydrogen-bond acceptors (Lipinski definition) is 2. The van der Waals surface area contributed by atoms with E-state index in [0.717, 1.165) is 0 Å². The highest BCUT2D eigenvalue weighted by Gasteiger charge is 2.16. The Bertz CT molecular complexity index is 546. The molecule has 0 aliphatic heterocycles. The van der Waals surface area contributed by atoms with E-state index in [4.69, 9.17) is 11.6 Å². The Kier molecular flexibility index (Phi) is 3.29. The van der Waals surface area contributed by atoms with Gasteiger partial charge in [-0.05, 0) is 24.3 Å². The Morgan fingerprint density at radius 2 is 2.12 bits per heavy atom. The Labute approximate surface area is 105 Å². The maximum Gasteiger partial charge on any atom is 0.182 e. The van der Waals surface area contributed by atoms with Gasteiger partial charge < -0.3 is 0 Å². The van der Waals surface area contributed by atoms with E-state index >= 15 is 0 Å². The fourth-order valence-corrected chi connectivity index (χ4v) is 1.83. The highest BCUT2D eigenvalue weighted by atomic mass is 35.5. The molecule has 2 aromatic heterocycles. The molecule has 0 aromatic carbocycles. The minimum absolute atomic E-state index is 0.0499. The number of ketones is 1. The van der Waals surface area contributed by atoms with Crippen molar-refractivity contribution in [3.63, 3.8) is 0 Å². The van der Waals surface area contributed by atoms with Gasteiger partial charge in [0, 0.05) is 18.3 Å². The number of pyridine rings is 1. The summed E-state index contributed by atoms with van der Waals surface area (Å²) in [5.74, 6) is 0.617. The third-order valence-electron chi connectivity index (χ3n) is 2.49. The lowest BCUT2D eigenvalue weighted by Crippen LogP contribution is -2.13. The van der Waals surface area contributed by atoms with Crippen LogP contribution in [0.1, 0.15) is 24.3 Å². The van der Waals surface area contributed by atoms with Crippen molar-refractivity contribution in [2.75, 3.05) is 0 Å². The SMILES string of the molecule is CC(C)C(=O)c1cccn1-c1ncccc1Cl. The van der Waals surface area contributed by atoms with Crippen molar-refractivity contribution >= 4 is 17.4 Å². The molecule has 2 heterocycles. The van der Waals surface area contributed by atoms with E-state index < -0.39 is 0 Å². The minimum atomic E-state index is -0.0499. The van der Waals surface area contributed by atoms with Crippen LogP contribution in [0.3, 0.4) is 0 Å². The summed E-state index contributed by atoms with van der Waals surface area (Å²) in [5, 5.41) is 0.529. The molecule has 0 spiro atoms. The van der Waals surface area contributed by atoms with Crippen molar-refractivity contribution in [2.45, 2.75) is 13.8 Å². The molecule has 0 fully saturated rings. The molecule has 2 aromatic rings. The fourth-order valence-electron chi connectivity index (χ4n) is 1.62. The summed E-state index contributed by atoms with van der Waals surface area (Å²) in [5.41, 5.74) is 0.612. The van der Waals surface area contributed by atoms with E-state index in [2.05, 4.69) is 4.98 Å². The maximum atomic E-state index is 12.0. The molecule has 17 heavy (non-hydrogen) atoms. The fraction of sp³-hybridized carbons (Fsp3) is 0.231. The van der Waals surface area contributed by atoms with Crippen molar-refractivity contribution in [1.82, 2.24) is 9.55 Å². The van der Waals surface area contributed by atoms with E-state index in [0.29, 0.717) is 16.5 Å². The van der Waals surface area contributed by atoms with Crippen molar-refractivity contribution in [1.29, 1.82) is 0 Å². The van der Waals surface area contributed by atoms with Gasteiger partial charge in [-0.3, -0.25) is 9.36 Å². The first-order valence-electron chi connectivity index (χ1n) is 5.43. The van der Waals surface area contributed by atoms with Gasteiger partial charge in [-0.25, -0.2) is 4.98 Å². The molecule has 0 radical (unpaired) electrons. The van der Waals surface area contributed by atoms with E-state index in [1.54, 1.807) is 35.2 Å². The molecule has 0 saturated heterocycles. The van der Waals surface area contributed by atoms with Gasteiger partial charge in [-0.2, -0.15) is 0 Å². The molecule has 0 bridgehead atoms. The summed E-state index contributed by atoms with van der Waals surface area (Å²) < 4.78 is 1.73. The molecule has 0 N–H and O–H groups in total. The molecule has 88 valence electrons. The first kappa shape index (κ1) is 11.9. The molecule has 0 unspecified atom stereocenters. The van der Waals surface area contributed by atoms with E-state index in [-0.39, 0.29) is 11.7 Å². The predicted molar refractivity (Wildman–Crippen MR) is 67.7 cm³/mol. The quantitative estimate of drug-likeness (QED) is 0.781. The number of hydrogen-bond donors (Lipinski definition) is 0. The molecule has 0 saturated carbocycles. The van der Waals surface area contributed by atoms with Crippen LogP contribution in [0, 0.1) is 5.92 Å². The topological polar surface area (TPSA) is 34.9 Å². The van der Waals surface area contributed by atoms with Crippen LogP contribution in [-0.4, -0.2) is 15.3 Å². The Hall–Kier alpha value is -1.61. The second-order valence-corrected chi connectivity index (χ2v) is 4.50. The molecule has 0 atom stereocenters. The van der Waals surface area contributed by atoms with Crippen LogP contribution in [0.25, 0.3) is 5.82 Å². The normalized spacial score (nSPS) is 10.8. The third kappa shape index (κ3) is 2.24. The highest BCUT2D eigenvalue weighted by Crippen LogP contribution is 2.20. The van der Waals surface area contributed by atoms with Crippen molar-refractivity contribution < 1.29 is 4.79 Å². The summed E-state index contributed by atoms with van der Waals surface area (Å²) >= 11 is 6.08. The lowest BCUT2D eigenvalue weighted by Gasteiger charge is -2.10. The standard InChI is InChI=1S/C13H13ClN2O/c1-9(2)12(17)11-6-4-8-16(11)13-10(14)5-3-7-15-13/h3-9H,1-2H3. The number of aromatic nitrogens is 2. The van der Waals surface area contributed by atoms with E-state index in [1.165, 1.54) is 0 Å². The molecule has 4 heteroatoms. The van der Waals surface area contributed by atoms with Crippen LogP contribution in [0.2, 0.25) is 5.02 Å². The van der Waals surface area contributed by atoms with Gasteiger partial charge >= 0.3 is 0 Å². The van der Waals surface area contributed by atoms with Crippen LogP contribution < -0.4 is 0 Å². The van der Waals surface area contributed by atoms with E-state index in [9.17, 15) is 4.79 Å². The third-order valence-corrected chi connectivity index (χ3v) is 2.79. The number of carbonyl (C=O) groups is 1. The molecular weight excluding hydrogens is 236 g/mol. The van der Waals surface area contributed by atoms with E-state index in [1.807, 2.05) is 19.9 Å². The molecule has 0 aliphatic carbocycles. The molecule has 0 aliphatic rings. The number of nitrogens with zero attached hydrogens (tertiary/aromatic N) is 2. The Balaban J connectivity index is 2.52. The minimum Gasteiger partial charge on any atom is -0.297 e. The second-order valence-electron chi connectivity index (χ2n) is 4.09. The highest BCUT2D eigenvalue weighted by molar-refractivity contribution is 6.32. The van der Waals surface area contributed by atoms with Gasteiger partial charge in [0.15, 0.2) is 11.6 Å². The van der Waals surface area contributed by atoms with Crippen LogP contribution in [0.5, 0.6) is 0 Å². The lowest BCUT2D eigenvalue weighted by atomic mass is 10.1. The molecule has 3 nitrogen and oxygen atoms in total. The number of carbonyl (C=O) groups excluding carboxylic acids is 1. The largest absolute Gasteiger partial charge is 0.297 e. The smallest absolute Gasteiger partial charge is 0.182 e. The van der Waals surface area contributed by atoms with Gasteiger partial charge in [0.25, 0.3) is 0 Å². The van der Waals surface area contributed by atoms with Gasteiger partial charge in [-0.15, -0.1) is 0 Å². The average molecular weight is 249 g/mol. The summed E-state index contributed by atoms with van der Waals surface area (Å²) in [6, 6.07) is 7.13. The molecule has 2 rings (SSSR count). The Morgan fingerprint density at radius 3 is 2.76 bits per heavy atom. The number of halogens is 1. The molecular formula is C13H13ClN2O. The zero-order chi connectivity index (χ0) is 12.4. The summed E-state index contributed by atoms with van der Waals surface area (Å²) in [6.07, 6.45) is 3.45. The van der Waals surface area contributed by atoms with Gasteiger partial charge in [-0.1, -0.05) is 25.4 Å². The van der Waals surface area contributed by atoms with Crippen LogP contribution in [0.15, 0.2) is 36.7 Å². The van der Waals surface area contributed by atoms with Crippen molar-refractivity contribution in [3.8, 4) is 5.82 Å². The van der Waals surface area contributed by atoms with Crippen molar-refractivity contribution in [3.05, 3.63) is 47.4 Å². The molecule has 0 amide bonds. The monoisotopic (exact) mass is 248 g/mol. The zero-order valence-corrected chi connectivity index (χ0v) is 10.5. The van der Waals surface area contributed by atoms with Crippen LogP contribution in [0.4, 0.5) is 0 Å². The lowest BCUT2D eigenvalue weighted by molar-refractivity contribution is 0.0932. The summed E-state index contributed by atoms with van der Waals surface area (Å²) in [6.45, 7) is 3.75. The summed E-state index contributed by atoms with van der Waals surface area (Å²) in [7, 11) is 0. The first-order chi connectivity index (χ1) is 8.11. The maximum absolute atomic E-state index is 12.0. The van der Waals surface area contributed by atoms with Gasteiger partial charge in [0.05, 0.1) is 10.7 Å². The number of Topliss-reactive ketones (excluding diaryl/α,β-unsaturated/α-hetero) is 1. The summed E-state index contributed by atoms with van der Waals surface area (Å²) in [4.78, 5) is 16.2. The van der Waals surface area contributed by atoms with Crippen LogP contribution >= 0.6 is 11.6 Å².